The molecule has 4 rings (SSSR count). The fraction of sp³-hybridized carbons (Fsp3) is 0.375. The Morgan fingerprint density at radius 3 is 2.60 bits per heavy atom. The largest absolute Gasteiger partial charge is 0.417 e. The monoisotopic (exact) mass is 488 g/mol. The smallest absolute Gasteiger partial charge is 0.366 e. The van der Waals surface area contributed by atoms with Gasteiger partial charge in [0.05, 0.1) is 11.1 Å². The van der Waals surface area contributed by atoms with E-state index in [-0.39, 0.29) is 35.9 Å². The fourth-order valence-electron chi connectivity index (χ4n) is 4.08. The summed E-state index contributed by atoms with van der Waals surface area (Å²) in [6.45, 7) is 4.39. The second-order valence-corrected chi connectivity index (χ2v) is 8.65. The topological polar surface area (TPSA) is 83.9 Å². The van der Waals surface area contributed by atoms with E-state index in [2.05, 4.69) is 25.3 Å². The molecule has 35 heavy (non-hydrogen) atoms. The molecule has 1 unspecified atom stereocenters. The van der Waals surface area contributed by atoms with Gasteiger partial charge >= 0.3 is 6.18 Å². The molecule has 1 aliphatic rings. The van der Waals surface area contributed by atoms with Gasteiger partial charge in [-0.3, -0.25) is 4.79 Å². The zero-order valence-electron chi connectivity index (χ0n) is 19.2. The Morgan fingerprint density at radius 1 is 1.17 bits per heavy atom. The van der Waals surface area contributed by atoms with Crippen LogP contribution in [0.3, 0.4) is 0 Å². The molecule has 3 aromatic rings. The first-order valence-electron chi connectivity index (χ1n) is 11.2. The quantitative estimate of drug-likeness (QED) is 0.522. The average molecular weight is 488 g/mol. The molecule has 1 amide bonds. The summed E-state index contributed by atoms with van der Waals surface area (Å²) in [5.41, 5.74) is 0.213. The van der Waals surface area contributed by atoms with Crippen molar-refractivity contribution >= 4 is 11.7 Å². The van der Waals surface area contributed by atoms with Crippen molar-refractivity contribution in [2.24, 2.45) is 5.92 Å². The number of hydrogen-bond donors (Lipinski definition) is 1. The summed E-state index contributed by atoms with van der Waals surface area (Å²) in [4.78, 5) is 31.9. The van der Waals surface area contributed by atoms with Crippen LogP contribution in [0.4, 0.5) is 23.4 Å². The van der Waals surface area contributed by atoms with Crippen LogP contribution in [0, 0.1) is 18.7 Å². The van der Waals surface area contributed by atoms with E-state index in [1.165, 1.54) is 0 Å². The lowest BCUT2D eigenvalue weighted by molar-refractivity contribution is -0.138. The van der Waals surface area contributed by atoms with Gasteiger partial charge < -0.3 is 10.2 Å². The van der Waals surface area contributed by atoms with Gasteiger partial charge in [0.1, 0.15) is 5.69 Å². The maximum Gasteiger partial charge on any atom is 0.417 e. The molecular weight excluding hydrogens is 464 g/mol. The Labute approximate surface area is 199 Å². The van der Waals surface area contributed by atoms with Crippen LogP contribution < -0.4 is 5.32 Å². The molecule has 4 heterocycles. The number of likely N-dealkylation sites (tertiary alicyclic amines) is 1. The Morgan fingerprint density at radius 2 is 1.91 bits per heavy atom. The van der Waals surface area contributed by atoms with E-state index in [0.29, 0.717) is 42.3 Å². The Kier molecular flexibility index (Phi) is 6.95. The SMILES string of the molecule is Cc1ccc(-c2ncccn2)c(C(=O)N2C[C@H](C)CCC2CNc2ncc(C(F)(F)F)cc2F)n1. The molecule has 3 aromatic heterocycles. The van der Waals surface area contributed by atoms with Crippen molar-refractivity contribution in [3.05, 3.63) is 65.6 Å². The van der Waals surface area contributed by atoms with Gasteiger partial charge in [-0.15, -0.1) is 0 Å². The van der Waals surface area contributed by atoms with Crippen molar-refractivity contribution < 1.29 is 22.4 Å². The first kappa shape index (κ1) is 24.5. The van der Waals surface area contributed by atoms with Gasteiger partial charge in [-0.2, -0.15) is 13.2 Å². The Balaban J connectivity index is 1.58. The molecule has 0 aromatic carbocycles. The molecule has 1 saturated heterocycles. The Hall–Kier alpha value is -3.63. The highest BCUT2D eigenvalue weighted by Crippen LogP contribution is 2.31. The van der Waals surface area contributed by atoms with Gasteiger partial charge in [-0.05, 0) is 49.9 Å². The van der Waals surface area contributed by atoms with Crippen molar-refractivity contribution in [2.75, 3.05) is 18.4 Å². The van der Waals surface area contributed by atoms with Crippen molar-refractivity contribution in [3.63, 3.8) is 0 Å². The van der Waals surface area contributed by atoms with E-state index in [1.807, 2.05) is 6.92 Å². The number of carbonyl (C=O) groups is 1. The number of carbonyl (C=O) groups excluding carboxylic acids is 1. The predicted molar refractivity (Wildman–Crippen MR) is 121 cm³/mol. The maximum atomic E-state index is 14.3. The molecule has 0 radical (unpaired) electrons. The number of aryl methyl sites for hydroxylation is 1. The number of nitrogens with one attached hydrogen (secondary N) is 1. The Bertz CT molecular complexity index is 1200. The van der Waals surface area contributed by atoms with Crippen LogP contribution in [0.1, 0.15) is 41.5 Å². The number of rotatable bonds is 5. The number of halogens is 4. The summed E-state index contributed by atoms with van der Waals surface area (Å²) >= 11 is 0. The van der Waals surface area contributed by atoms with E-state index in [9.17, 15) is 22.4 Å². The second kappa shape index (κ2) is 9.93. The van der Waals surface area contributed by atoms with Gasteiger partial charge in [0.25, 0.3) is 5.91 Å². The van der Waals surface area contributed by atoms with Crippen LogP contribution in [0.25, 0.3) is 11.4 Å². The molecule has 7 nitrogen and oxygen atoms in total. The van der Waals surface area contributed by atoms with E-state index >= 15 is 0 Å². The minimum Gasteiger partial charge on any atom is -0.366 e. The van der Waals surface area contributed by atoms with Crippen LogP contribution in [-0.4, -0.2) is 49.9 Å². The van der Waals surface area contributed by atoms with Crippen LogP contribution in [0.15, 0.2) is 42.9 Å². The summed E-state index contributed by atoms with van der Waals surface area (Å²) < 4.78 is 52.7. The van der Waals surface area contributed by atoms with E-state index in [4.69, 9.17) is 0 Å². The standard InChI is InChI=1S/C24H24F4N6O/c1-14-4-6-17(12-32-22-19(25)10-16(11-31-22)24(26,27)28)34(13-14)23(35)20-18(7-5-15(2)33-20)21-29-8-3-9-30-21/h3,5,7-11,14,17H,4,6,12-13H2,1-2H3,(H,31,32)/t14-,17?/m1/s1. The van der Waals surface area contributed by atoms with E-state index in [0.717, 1.165) is 6.42 Å². The number of aromatic nitrogens is 4. The molecule has 0 bridgehead atoms. The second-order valence-electron chi connectivity index (χ2n) is 8.65. The predicted octanol–water partition coefficient (Wildman–Crippen LogP) is 4.75. The van der Waals surface area contributed by atoms with Gasteiger partial charge in [-0.1, -0.05) is 6.92 Å². The number of hydrogen-bond acceptors (Lipinski definition) is 6. The maximum absolute atomic E-state index is 14.3. The van der Waals surface area contributed by atoms with Crippen molar-refractivity contribution in [1.82, 2.24) is 24.8 Å². The zero-order chi connectivity index (χ0) is 25.2. The lowest BCUT2D eigenvalue weighted by Crippen LogP contribution is -2.49. The minimum absolute atomic E-state index is 0.122. The first-order valence-corrected chi connectivity index (χ1v) is 11.2. The van der Waals surface area contributed by atoms with Crippen LogP contribution in [0.5, 0.6) is 0 Å². The van der Waals surface area contributed by atoms with Gasteiger partial charge in [-0.25, -0.2) is 24.3 Å². The molecule has 0 saturated carbocycles. The highest BCUT2D eigenvalue weighted by atomic mass is 19.4. The van der Waals surface area contributed by atoms with Crippen LogP contribution in [-0.2, 0) is 6.18 Å². The molecule has 1 aliphatic heterocycles. The van der Waals surface area contributed by atoms with Crippen molar-refractivity contribution in [2.45, 2.75) is 38.9 Å². The summed E-state index contributed by atoms with van der Waals surface area (Å²) in [5.74, 6) is -1.10. The van der Waals surface area contributed by atoms with E-state index in [1.54, 1.807) is 42.4 Å². The molecule has 1 fully saturated rings. The first-order chi connectivity index (χ1) is 16.6. The average Bonchev–Trinajstić information content (AvgIpc) is 2.83. The van der Waals surface area contributed by atoms with Crippen LogP contribution >= 0.6 is 0 Å². The van der Waals surface area contributed by atoms with Gasteiger partial charge in [0.2, 0.25) is 0 Å². The fourth-order valence-corrected chi connectivity index (χ4v) is 4.08. The van der Waals surface area contributed by atoms with Gasteiger partial charge in [0, 0.05) is 43.4 Å². The normalized spacial score (nSPS) is 18.4. The van der Waals surface area contributed by atoms with Crippen molar-refractivity contribution in [1.29, 1.82) is 0 Å². The third kappa shape index (κ3) is 5.55. The van der Waals surface area contributed by atoms with Crippen LogP contribution in [0.2, 0.25) is 0 Å². The summed E-state index contributed by atoms with van der Waals surface area (Å²) in [6, 6.07) is 5.28. The number of nitrogens with zero attached hydrogens (tertiary/aromatic N) is 5. The lowest BCUT2D eigenvalue weighted by Gasteiger charge is -2.39. The molecule has 184 valence electrons. The minimum atomic E-state index is -4.68. The molecule has 11 heteroatoms. The highest BCUT2D eigenvalue weighted by molar-refractivity contribution is 5.98. The number of piperidine rings is 1. The number of anilines is 1. The zero-order valence-corrected chi connectivity index (χ0v) is 19.2. The molecule has 2 atom stereocenters. The third-order valence-electron chi connectivity index (χ3n) is 5.92. The number of amides is 1. The molecular formula is C24H24F4N6O. The molecule has 1 N–H and O–H groups in total. The van der Waals surface area contributed by atoms with E-state index < -0.39 is 17.6 Å². The summed E-state index contributed by atoms with van der Waals surface area (Å²) in [7, 11) is 0. The number of pyridine rings is 2. The lowest BCUT2D eigenvalue weighted by atomic mass is 9.93. The van der Waals surface area contributed by atoms with Gasteiger partial charge in [0.15, 0.2) is 17.5 Å². The molecule has 0 spiro atoms. The summed E-state index contributed by atoms with van der Waals surface area (Å²) in [6.07, 6.45) is 0.533. The third-order valence-corrected chi connectivity index (χ3v) is 5.92. The molecule has 0 aliphatic carbocycles. The van der Waals surface area contributed by atoms with Crippen molar-refractivity contribution in [3.8, 4) is 11.4 Å². The number of alkyl halides is 3. The highest BCUT2D eigenvalue weighted by Gasteiger charge is 2.34. The summed E-state index contributed by atoms with van der Waals surface area (Å²) in [5, 5.41) is 2.78.